The number of carbonyl (C=O) groups excluding carboxylic acids is 1. The van der Waals surface area contributed by atoms with Crippen LogP contribution in [0, 0.1) is 6.92 Å². The average molecular weight is 275 g/mol. The minimum atomic E-state index is 0.146. The van der Waals surface area contributed by atoms with Gasteiger partial charge >= 0.3 is 0 Å². The molecule has 0 aromatic heterocycles. The lowest BCUT2D eigenvalue weighted by atomic mass is 10.1. The summed E-state index contributed by atoms with van der Waals surface area (Å²) in [6.07, 6.45) is 0.593. The summed E-state index contributed by atoms with van der Waals surface area (Å²) in [6.45, 7) is 7.92. The SMILES string of the molecule is Cc1ccccc1CNC(=O)CCN1CCN(C)CC1. The van der Waals surface area contributed by atoms with Crippen molar-refractivity contribution in [1.82, 2.24) is 15.1 Å². The summed E-state index contributed by atoms with van der Waals surface area (Å²) in [4.78, 5) is 16.6. The van der Waals surface area contributed by atoms with Crippen LogP contribution in [0.3, 0.4) is 0 Å². The highest BCUT2D eigenvalue weighted by atomic mass is 16.1. The number of aryl methyl sites for hydroxylation is 1. The van der Waals surface area contributed by atoms with E-state index in [9.17, 15) is 4.79 Å². The van der Waals surface area contributed by atoms with Crippen LogP contribution in [0.25, 0.3) is 0 Å². The molecule has 0 unspecified atom stereocenters. The molecule has 4 nitrogen and oxygen atoms in total. The van der Waals surface area contributed by atoms with Gasteiger partial charge in [-0.25, -0.2) is 0 Å². The summed E-state index contributed by atoms with van der Waals surface area (Å²) in [7, 11) is 2.15. The van der Waals surface area contributed by atoms with Crippen molar-refractivity contribution in [2.24, 2.45) is 0 Å². The van der Waals surface area contributed by atoms with Crippen molar-refractivity contribution in [2.75, 3.05) is 39.8 Å². The molecule has 1 amide bonds. The molecular formula is C16H25N3O. The Bertz CT molecular complexity index is 439. The predicted octanol–water partition coefficient (Wildman–Crippen LogP) is 1.25. The van der Waals surface area contributed by atoms with Gasteiger partial charge in [-0.05, 0) is 25.1 Å². The van der Waals surface area contributed by atoms with E-state index in [1.807, 2.05) is 12.1 Å². The highest BCUT2D eigenvalue weighted by molar-refractivity contribution is 5.76. The molecule has 0 aliphatic carbocycles. The number of hydrogen-bond donors (Lipinski definition) is 1. The Morgan fingerprint density at radius 3 is 2.60 bits per heavy atom. The van der Waals surface area contributed by atoms with Crippen LogP contribution in [0.5, 0.6) is 0 Å². The van der Waals surface area contributed by atoms with Crippen molar-refractivity contribution in [3.05, 3.63) is 35.4 Å². The molecule has 0 spiro atoms. The lowest BCUT2D eigenvalue weighted by Gasteiger charge is -2.32. The van der Waals surface area contributed by atoms with E-state index in [2.05, 4.69) is 41.2 Å². The maximum Gasteiger partial charge on any atom is 0.221 e. The largest absolute Gasteiger partial charge is 0.352 e. The Kier molecular flexibility index (Phi) is 5.56. The molecule has 1 fully saturated rings. The van der Waals surface area contributed by atoms with Crippen LogP contribution < -0.4 is 5.32 Å². The van der Waals surface area contributed by atoms with Crippen LogP contribution in [0.4, 0.5) is 0 Å². The zero-order valence-corrected chi connectivity index (χ0v) is 12.6. The lowest BCUT2D eigenvalue weighted by molar-refractivity contribution is -0.121. The number of piperazine rings is 1. The molecule has 1 aliphatic rings. The number of rotatable bonds is 5. The third-order valence-corrected chi connectivity index (χ3v) is 3.99. The third-order valence-electron chi connectivity index (χ3n) is 3.99. The average Bonchev–Trinajstić information content (AvgIpc) is 2.46. The van der Waals surface area contributed by atoms with Crippen LogP contribution in [0.15, 0.2) is 24.3 Å². The molecular weight excluding hydrogens is 250 g/mol. The smallest absolute Gasteiger partial charge is 0.221 e. The Morgan fingerprint density at radius 1 is 1.20 bits per heavy atom. The van der Waals surface area contributed by atoms with E-state index in [0.29, 0.717) is 13.0 Å². The quantitative estimate of drug-likeness (QED) is 0.878. The first-order chi connectivity index (χ1) is 9.65. The number of benzene rings is 1. The third kappa shape index (κ3) is 4.62. The van der Waals surface area contributed by atoms with Crippen LogP contribution in [0.1, 0.15) is 17.5 Å². The number of amides is 1. The Morgan fingerprint density at radius 2 is 1.90 bits per heavy atom. The van der Waals surface area contributed by atoms with Crippen molar-refractivity contribution in [3.8, 4) is 0 Å². The van der Waals surface area contributed by atoms with Gasteiger partial charge < -0.3 is 15.1 Å². The zero-order valence-electron chi connectivity index (χ0n) is 12.6. The number of hydrogen-bond acceptors (Lipinski definition) is 3. The molecule has 1 heterocycles. The summed E-state index contributed by atoms with van der Waals surface area (Å²) < 4.78 is 0. The number of carbonyl (C=O) groups is 1. The zero-order chi connectivity index (χ0) is 14.4. The van der Waals surface area contributed by atoms with E-state index in [0.717, 1.165) is 32.7 Å². The first-order valence-electron chi connectivity index (χ1n) is 7.37. The van der Waals surface area contributed by atoms with Crippen molar-refractivity contribution < 1.29 is 4.79 Å². The fraction of sp³-hybridized carbons (Fsp3) is 0.562. The standard InChI is InChI=1S/C16H25N3O/c1-14-5-3-4-6-15(14)13-17-16(20)7-8-19-11-9-18(2)10-12-19/h3-6H,7-13H2,1-2H3,(H,17,20). The van der Waals surface area contributed by atoms with Crippen molar-refractivity contribution in [3.63, 3.8) is 0 Å². The molecule has 0 atom stereocenters. The van der Waals surface area contributed by atoms with Gasteiger partial charge in [0.05, 0.1) is 0 Å². The van der Waals surface area contributed by atoms with E-state index < -0.39 is 0 Å². The molecule has 1 N–H and O–H groups in total. The maximum absolute atomic E-state index is 11.9. The van der Waals surface area contributed by atoms with Gasteiger partial charge in [-0.3, -0.25) is 4.79 Å². The summed E-state index contributed by atoms with van der Waals surface area (Å²) in [5, 5.41) is 3.01. The predicted molar refractivity (Wildman–Crippen MR) is 81.6 cm³/mol. The number of nitrogens with one attached hydrogen (secondary N) is 1. The van der Waals surface area contributed by atoms with Gasteiger partial charge in [0.1, 0.15) is 0 Å². The van der Waals surface area contributed by atoms with Gasteiger partial charge in [0, 0.05) is 45.7 Å². The van der Waals surface area contributed by atoms with Crippen molar-refractivity contribution in [2.45, 2.75) is 19.9 Å². The second-order valence-corrected chi connectivity index (χ2v) is 5.60. The van der Waals surface area contributed by atoms with Gasteiger partial charge in [-0.2, -0.15) is 0 Å². The molecule has 1 aromatic carbocycles. The minimum absolute atomic E-state index is 0.146. The van der Waals surface area contributed by atoms with Crippen LogP contribution in [0.2, 0.25) is 0 Å². The molecule has 2 rings (SSSR count). The molecule has 1 saturated heterocycles. The molecule has 4 heteroatoms. The number of nitrogens with zero attached hydrogens (tertiary/aromatic N) is 2. The van der Waals surface area contributed by atoms with E-state index in [-0.39, 0.29) is 5.91 Å². The topological polar surface area (TPSA) is 35.6 Å². The summed E-state index contributed by atoms with van der Waals surface area (Å²) in [6, 6.07) is 8.18. The van der Waals surface area contributed by atoms with Gasteiger partial charge in [-0.15, -0.1) is 0 Å². The molecule has 110 valence electrons. The van der Waals surface area contributed by atoms with Crippen LogP contribution >= 0.6 is 0 Å². The summed E-state index contributed by atoms with van der Waals surface area (Å²) in [5.41, 5.74) is 2.42. The molecule has 20 heavy (non-hydrogen) atoms. The Labute approximate surface area is 121 Å². The second kappa shape index (κ2) is 7.41. The van der Waals surface area contributed by atoms with E-state index in [1.165, 1.54) is 11.1 Å². The summed E-state index contributed by atoms with van der Waals surface area (Å²) >= 11 is 0. The highest BCUT2D eigenvalue weighted by Crippen LogP contribution is 2.06. The van der Waals surface area contributed by atoms with Gasteiger partial charge in [-0.1, -0.05) is 24.3 Å². The monoisotopic (exact) mass is 275 g/mol. The van der Waals surface area contributed by atoms with Gasteiger partial charge in [0.25, 0.3) is 0 Å². The molecule has 0 bridgehead atoms. The van der Waals surface area contributed by atoms with E-state index in [1.54, 1.807) is 0 Å². The second-order valence-electron chi connectivity index (χ2n) is 5.60. The van der Waals surface area contributed by atoms with Gasteiger partial charge in [0.2, 0.25) is 5.91 Å². The first kappa shape index (κ1) is 15.0. The molecule has 1 aromatic rings. The summed E-state index contributed by atoms with van der Waals surface area (Å²) in [5.74, 6) is 0.146. The fourth-order valence-corrected chi connectivity index (χ4v) is 2.42. The highest BCUT2D eigenvalue weighted by Gasteiger charge is 2.14. The van der Waals surface area contributed by atoms with Crippen LogP contribution in [-0.2, 0) is 11.3 Å². The minimum Gasteiger partial charge on any atom is -0.352 e. The lowest BCUT2D eigenvalue weighted by Crippen LogP contribution is -2.45. The van der Waals surface area contributed by atoms with Gasteiger partial charge in [0.15, 0.2) is 0 Å². The number of likely N-dealkylation sites (N-methyl/N-ethyl adjacent to an activating group) is 1. The van der Waals surface area contributed by atoms with Crippen molar-refractivity contribution in [1.29, 1.82) is 0 Å². The fourth-order valence-electron chi connectivity index (χ4n) is 2.42. The van der Waals surface area contributed by atoms with E-state index in [4.69, 9.17) is 0 Å². The Hall–Kier alpha value is -1.39. The van der Waals surface area contributed by atoms with Crippen molar-refractivity contribution >= 4 is 5.91 Å². The molecule has 1 aliphatic heterocycles. The Balaban J connectivity index is 1.67. The molecule has 0 radical (unpaired) electrons. The van der Waals surface area contributed by atoms with E-state index >= 15 is 0 Å². The first-order valence-corrected chi connectivity index (χ1v) is 7.37. The molecule has 0 saturated carbocycles. The maximum atomic E-state index is 11.9. The van der Waals surface area contributed by atoms with Crippen LogP contribution in [-0.4, -0.2) is 55.5 Å². The normalized spacial score (nSPS) is 17.1.